The summed E-state index contributed by atoms with van der Waals surface area (Å²) in [6.07, 6.45) is 4.13. The normalized spacial score (nSPS) is 39.5. The Kier molecular flexibility index (Phi) is 2.90. The molecule has 0 amide bonds. The molecule has 0 saturated heterocycles. The van der Waals surface area contributed by atoms with Crippen LogP contribution in [0.1, 0.15) is 33.1 Å². The standard InChI is InChI=1S/C6H11N.C3H8O/c7-6-4-2-1-3-5(4)6;1-3(2)4/h4-6H,1-3,7H2;3-4H,1-2H3. The average molecular weight is 157 g/mol. The van der Waals surface area contributed by atoms with E-state index in [1.165, 1.54) is 19.3 Å². The van der Waals surface area contributed by atoms with Crippen LogP contribution in [0, 0.1) is 11.8 Å². The van der Waals surface area contributed by atoms with E-state index < -0.39 is 0 Å². The minimum absolute atomic E-state index is 0.167. The van der Waals surface area contributed by atoms with Crippen molar-refractivity contribution in [3.05, 3.63) is 0 Å². The van der Waals surface area contributed by atoms with Crippen LogP contribution in [0.4, 0.5) is 0 Å². The summed E-state index contributed by atoms with van der Waals surface area (Å²) >= 11 is 0. The van der Waals surface area contributed by atoms with Gasteiger partial charge in [0.1, 0.15) is 0 Å². The van der Waals surface area contributed by atoms with Crippen molar-refractivity contribution in [3.63, 3.8) is 0 Å². The second-order valence-electron chi connectivity index (χ2n) is 3.93. The minimum Gasteiger partial charge on any atom is -0.394 e. The smallest absolute Gasteiger partial charge is 0.0483 e. The molecule has 2 saturated carbocycles. The van der Waals surface area contributed by atoms with E-state index >= 15 is 0 Å². The zero-order valence-corrected chi connectivity index (χ0v) is 7.46. The summed E-state index contributed by atoms with van der Waals surface area (Å²) in [6.45, 7) is 3.44. The first kappa shape index (κ1) is 9.01. The van der Waals surface area contributed by atoms with Crippen molar-refractivity contribution in [2.45, 2.75) is 45.3 Å². The van der Waals surface area contributed by atoms with Gasteiger partial charge in [0.25, 0.3) is 0 Å². The van der Waals surface area contributed by atoms with Gasteiger partial charge in [-0.05, 0) is 38.5 Å². The summed E-state index contributed by atoms with van der Waals surface area (Å²) in [6, 6.07) is 0.619. The summed E-state index contributed by atoms with van der Waals surface area (Å²) in [5, 5.41) is 8.06. The van der Waals surface area contributed by atoms with Crippen LogP contribution in [0.2, 0.25) is 0 Å². The number of aliphatic hydroxyl groups is 1. The van der Waals surface area contributed by atoms with Crippen molar-refractivity contribution in [2.24, 2.45) is 17.6 Å². The molecule has 66 valence electrons. The fourth-order valence-electron chi connectivity index (χ4n) is 1.88. The maximum absolute atomic E-state index is 8.06. The van der Waals surface area contributed by atoms with Gasteiger partial charge >= 0.3 is 0 Å². The lowest BCUT2D eigenvalue weighted by Gasteiger charge is -1.90. The molecule has 0 heterocycles. The molecule has 0 spiro atoms. The predicted molar refractivity (Wildman–Crippen MR) is 46.2 cm³/mol. The number of aliphatic hydroxyl groups excluding tert-OH is 1. The van der Waals surface area contributed by atoms with Crippen molar-refractivity contribution in [1.29, 1.82) is 0 Å². The molecule has 0 aromatic heterocycles. The molecule has 2 nitrogen and oxygen atoms in total. The molecule has 2 rings (SSSR count). The van der Waals surface area contributed by atoms with Crippen LogP contribution in [0.15, 0.2) is 0 Å². The third-order valence-electron chi connectivity index (χ3n) is 2.47. The summed E-state index contributed by atoms with van der Waals surface area (Å²) in [7, 11) is 0. The molecule has 0 aromatic rings. The molecule has 3 N–H and O–H groups in total. The molecular weight excluding hydrogens is 138 g/mol. The molecule has 2 aliphatic rings. The Bertz CT molecular complexity index is 112. The van der Waals surface area contributed by atoms with Gasteiger partial charge in [0.2, 0.25) is 0 Å². The van der Waals surface area contributed by atoms with Crippen molar-refractivity contribution in [2.75, 3.05) is 0 Å². The monoisotopic (exact) mass is 157 g/mol. The van der Waals surface area contributed by atoms with Gasteiger partial charge in [0, 0.05) is 12.1 Å². The Morgan fingerprint density at radius 3 is 1.82 bits per heavy atom. The van der Waals surface area contributed by atoms with Gasteiger partial charge in [0.15, 0.2) is 0 Å². The summed E-state index contributed by atoms with van der Waals surface area (Å²) in [5.41, 5.74) is 5.67. The Labute approximate surface area is 68.8 Å². The maximum atomic E-state index is 8.06. The van der Waals surface area contributed by atoms with E-state index in [0.29, 0.717) is 6.04 Å². The lowest BCUT2D eigenvalue weighted by atomic mass is 10.2. The average Bonchev–Trinajstić information content (AvgIpc) is 2.41. The van der Waals surface area contributed by atoms with Gasteiger partial charge < -0.3 is 10.8 Å². The third-order valence-corrected chi connectivity index (χ3v) is 2.47. The number of rotatable bonds is 0. The first-order valence-corrected chi connectivity index (χ1v) is 4.56. The Hall–Kier alpha value is -0.0800. The minimum atomic E-state index is -0.167. The Balaban J connectivity index is 0.000000134. The van der Waals surface area contributed by atoms with Gasteiger partial charge in [-0.25, -0.2) is 0 Å². The first-order chi connectivity index (χ1) is 5.13. The Morgan fingerprint density at radius 2 is 1.64 bits per heavy atom. The van der Waals surface area contributed by atoms with Crippen LogP contribution in [-0.4, -0.2) is 17.3 Å². The highest BCUT2D eigenvalue weighted by molar-refractivity contribution is 5.04. The molecule has 0 radical (unpaired) electrons. The van der Waals surface area contributed by atoms with E-state index in [-0.39, 0.29) is 6.10 Å². The molecular formula is C9H19NO. The fourth-order valence-corrected chi connectivity index (χ4v) is 1.88. The van der Waals surface area contributed by atoms with Crippen molar-refractivity contribution in [3.8, 4) is 0 Å². The van der Waals surface area contributed by atoms with Crippen LogP contribution in [-0.2, 0) is 0 Å². The summed E-state index contributed by atoms with van der Waals surface area (Å²) in [5.74, 6) is 1.92. The van der Waals surface area contributed by atoms with Gasteiger partial charge in [0.05, 0.1) is 0 Å². The van der Waals surface area contributed by atoms with Crippen molar-refractivity contribution >= 4 is 0 Å². The number of hydrogen-bond acceptors (Lipinski definition) is 2. The molecule has 2 unspecified atom stereocenters. The molecule has 2 fully saturated rings. The largest absolute Gasteiger partial charge is 0.394 e. The molecule has 0 aromatic carbocycles. The van der Waals surface area contributed by atoms with E-state index in [1.807, 2.05) is 0 Å². The highest BCUT2D eigenvalue weighted by Crippen LogP contribution is 2.50. The molecule has 2 aliphatic carbocycles. The van der Waals surface area contributed by atoms with Gasteiger partial charge in [-0.3, -0.25) is 0 Å². The number of hydrogen-bond donors (Lipinski definition) is 2. The lowest BCUT2D eigenvalue weighted by Crippen LogP contribution is -2.05. The third kappa shape index (κ3) is 2.46. The fraction of sp³-hybridized carbons (Fsp3) is 1.00. The molecule has 11 heavy (non-hydrogen) atoms. The maximum Gasteiger partial charge on any atom is 0.0483 e. The SMILES string of the molecule is CC(C)O.NC1C2CCCC12. The predicted octanol–water partition coefficient (Wildman–Crippen LogP) is 1.13. The van der Waals surface area contributed by atoms with Crippen LogP contribution < -0.4 is 5.73 Å². The van der Waals surface area contributed by atoms with Gasteiger partial charge in [-0.1, -0.05) is 6.42 Å². The number of nitrogens with two attached hydrogens (primary N) is 1. The van der Waals surface area contributed by atoms with Crippen molar-refractivity contribution < 1.29 is 5.11 Å². The topological polar surface area (TPSA) is 46.2 Å². The van der Waals surface area contributed by atoms with Gasteiger partial charge in [-0.2, -0.15) is 0 Å². The van der Waals surface area contributed by atoms with Gasteiger partial charge in [-0.15, -0.1) is 0 Å². The zero-order chi connectivity index (χ0) is 8.43. The van der Waals surface area contributed by atoms with Crippen molar-refractivity contribution in [1.82, 2.24) is 0 Å². The number of fused-ring (bicyclic) bond motifs is 1. The summed E-state index contributed by atoms with van der Waals surface area (Å²) < 4.78 is 0. The molecule has 2 heteroatoms. The second kappa shape index (κ2) is 3.55. The van der Waals surface area contributed by atoms with E-state index in [0.717, 1.165) is 11.8 Å². The molecule has 2 atom stereocenters. The first-order valence-electron chi connectivity index (χ1n) is 4.56. The molecule has 0 aliphatic heterocycles. The van der Waals surface area contributed by atoms with Crippen LogP contribution >= 0.6 is 0 Å². The highest BCUT2D eigenvalue weighted by Gasteiger charge is 2.49. The van der Waals surface area contributed by atoms with E-state index in [9.17, 15) is 0 Å². The highest BCUT2D eigenvalue weighted by atomic mass is 16.3. The quantitative estimate of drug-likeness (QED) is 0.553. The van der Waals surface area contributed by atoms with Crippen LogP contribution in [0.5, 0.6) is 0 Å². The van der Waals surface area contributed by atoms with E-state index in [4.69, 9.17) is 10.8 Å². The van der Waals surface area contributed by atoms with Crippen LogP contribution in [0.25, 0.3) is 0 Å². The lowest BCUT2D eigenvalue weighted by molar-refractivity contribution is 0.216. The summed E-state index contributed by atoms with van der Waals surface area (Å²) in [4.78, 5) is 0. The van der Waals surface area contributed by atoms with E-state index in [2.05, 4.69) is 0 Å². The second-order valence-corrected chi connectivity index (χ2v) is 3.93. The van der Waals surface area contributed by atoms with E-state index in [1.54, 1.807) is 13.8 Å². The molecule has 0 bridgehead atoms. The Morgan fingerprint density at radius 1 is 1.27 bits per heavy atom. The zero-order valence-electron chi connectivity index (χ0n) is 7.46. The van der Waals surface area contributed by atoms with Crippen LogP contribution in [0.3, 0.4) is 0 Å².